The fraction of sp³-hybridized carbons (Fsp3) is 0.727. The van der Waals surface area contributed by atoms with E-state index in [1.165, 1.54) is 0 Å². The largest absolute Gasteiger partial charge is 0.344 e. The zero-order valence-electron chi connectivity index (χ0n) is 9.49. The van der Waals surface area contributed by atoms with Crippen molar-refractivity contribution in [2.45, 2.75) is 38.1 Å². The molecule has 0 aromatic rings. The van der Waals surface area contributed by atoms with Gasteiger partial charge in [-0.3, -0.25) is 19.7 Å². The van der Waals surface area contributed by atoms with Crippen molar-refractivity contribution in [2.75, 3.05) is 5.75 Å². The van der Waals surface area contributed by atoms with E-state index in [2.05, 4.69) is 23.3 Å². The van der Waals surface area contributed by atoms with Crippen LogP contribution in [0.15, 0.2) is 0 Å². The quantitative estimate of drug-likeness (QED) is 0.490. The number of nitrogens with one attached hydrogen (secondary N) is 2. The van der Waals surface area contributed by atoms with Gasteiger partial charge in [0.2, 0.25) is 17.7 Å². The summed E-state index contributed by atoms with van der Waals surface area (Å²) in [5, 5.41) is 4.90. The molecule has 1 saturated heterocycles. The molecule has 1 aliphatic heterocycles. The number of amides is 3. The lowest BCUT2D eigenvalue weighted by Crippen LogP contribution is -2.52. The summed E-state index contributed by atoms with van der Waals surface area (Å²) in [6.45, 7) is 0. The van der Waals surface area contributed by atoms with Gasteiger partial charge in [0, 0.05) is 12.8 Å². The smallest absolute Gasteiger partial charge is 0.249 e. The molecule has 3 amide bonds. The monoisotopic (exact) mass is 256 g/mol. The van der Waals surface area contributed by atoms with Gasteiger partial charge in [-0.1, -0.05) is 0 Å². The summed E-state index contributed by atoms with van der Waals surface area (Å²) in [6.07, 6.45) is 3.16. The van der Waals surface area contributed by atoms with Crippen LogP contribution < -0.4 is 10.6 Å². The maximum absolute atomic E-state index is 11.7. The van der Waals surface area contributed by atoms with Crippen LogP contribution >= 0.6 is 12.6 Å². The highest BCUT2D eigenvalue weighted by atomic mass is 32.1. The Kier molecular flexibility index (Phi) is 3.42. The van der Waals surface area contributed by atoms with Gasteiger partial charge in [-0.25, -0.2) is 0 Å². The van der Waals surface area contributed by atoms with Crippen LogP contribution in [0.3, 0.4) is 0 Å². The van der Waals surface area contributed by atoms with Crippen LogP contribution in [0.4, 0.5) is 0 Å². The number of piperidine rings is 1. The molecule has 2 N–H and O–H groups in total. The Balaban J connectivity index is 1.82. The van der Waals surface area contributed by atoms with E-state index in [9.17, 15) is 14.4 Å². The first kappa shape index (κ1) is 12.4. The molecule has 2 aliphatic rings. The summed E-state index contributed by atoms with van der Waals surface area (Å²) in [6, 6.07) is -0.559. The average Bonchev–Trinajstić information content (AvgIpc) is 3.03. The molecule has 1 aliphatic carbocycles. The van der Waals surface area contributed by atoms with Crippen LogP contribution in [-0.4, -0.2) is 29.5 Å². The van der Waals surface area contributed by atoms with Gasteiger partial charge in [0.15, 0.2) is 0 Å². The molecule has 2 fully saturated rings. The lowest BCUT2D eigenvalue weighted by molar-refractivity contribution is -0.137. The molecule has 0 bridgehead atoms. The second-order valence-corrected chi connectivity index (χ2v) is 5.22. The van der Waals surface area contributed by atoms with Gasteiger partial charge >= 0.3 is 0 Å². The van der Waals surface area contributed by atoms with E-state index < -0.39 is 11.9 Å². The van der Waals surface area contributed by atoms with Crippen molar-refractivity contribution >= 4 is 30.4 Å². The van der Waals surface area contributed by atoms with E-state index >= 15 is 0 Å². The molecule has 0 aromatic carbocycles. The molecule has 6 heteroatoms. The Labute approximate surface area is 105 Å². The summed E-state index contributed by atoms with van der Waals surface area (Å²) < 4.78 is 0. The van der Waals surface area contributed by atoms with Crippen molar-refractivity contribution in [1.82, 2.24) is 10.6 Å². The molecule has 1 saturated carbocycles. The molecule has 1 atom stereocenters. The van der Waals surface area contributed by atoms with Gasteiger partial charge in [-0.15, -0.1) is 0 Å². The van der Waals surface area contributed by atoms with E-state index in [0.717, 1.165) is 12.8 Å². The number of thiol groups is 1. The highest BCUT2D eigenvalue weighted by Gasteiger charge is 2.43. The van der Waals surface area contributed by atoms with Gasteiger partial charge in [0.05, 0.1) is 0 Å². The van der Waals surface area contributed by atoms with Crippen molar-refractivity contribution in [3.8, 4) is 0 Å². The van der Waals surface area contributed by atoms with Crippen molar-refractivity contribution in [1.29, 1.82) is 0 Å². The SMILES string of the molecule is O=C1CCC(NC(=O)CC2(CS)CC2)C(=O)N1. The molecule has 0 aromatic heterocycles. The summed E-state index contributed by atoms with van der Waals surface area (Å²) in [5.74, 6) is -0.0821. The lowest BCUT2D eigenvalue weighted by atomic mass is 10.0. The Hall–Kier alpha value is -1.04. The first-order chi connectivity index (χ1) is 8.04. The molecule has 1 unspecified atom stereocenters. The Morgan fingerprint density at radius 2 is 2.18 bits per heavy atom. The first-order valence-electron chi connectivity index (χ1n) is 5.79. The summed E-state index contributed by atoms with van der Waals surface area (Å²) in [5.41, 5.74) is 0.0498. The molecule has 0 spiro atoms. The molecule has 5 nitrogen and oxygen atoms in total. The highest BCUT2D eigenvalue weighted by molar-refractivity contribution is 7.80. The molecule has 17 heavy (non-hydrogen) atoms. The van der Waals surface area contributed by atoms with Crippen LogP contribution in [0.25, 0.3) is 0 Å². The molecule has 94 valence electrons. The third-order valence-electron chi connectivity index (χ3n) is 3.40. The van der Waals surface area contributed by atoms with E-state index in [-0.39, 0.29) is 23.7 Å². The van der Waals surface area contributed by atoms with Crippen LogP contribution in [0.2, 0.25) is 0 Å². The van der Waals surface area contributed by atoms with Crippen LogP contribution in [0.5, 0.6) is 0 Å². The van der Waals surface area contributed by atoms with Gasteiger partial charge in [-0.05, 0) is 30.4 Å². The standard InChI is InChI=1S/C11H16N2O3S/c14-8-2-1-7(10(16)13-8)12-9(15)5-11(6-17)3-4-11/h7,17H,1-6H2,(H,12,15)(H,13,14,16). The predicted molar refractivity (Wildman–Crippen MR) is 64.5 cm³/mol. The second-order valence-electron chi connectivity index (χ2n) is 4.91. The van der Waals surface area contributed by atoms with Crippen LogP contribution in [0.1, 0.15) is 32.1 Å². The molecule has 2 rings (SSSR count). The zero-order chi connectivity index (χ0) is 12.5. The Bertz CT molecular complexity index is 366. The van der Waals surface area contributed by atoms with E-state index in [0.29, 0.717) is 18.6 Å². The second kappa shape index (κ2) is 4.68. The fourth-order valence-corrected chi connectivity index (χ4v) is 2.41. The minimum Gasteiger partial charge on any atom is -0.344 e. The number of hydrogen-bond acceptors (Lipinski definition) is 4. The van der Waals surface area contributed by atoms with E-state index in [4.69, 9.17) is 0 Å². The third kappa shape index (κ3) is 3.00. The van der Waals surface area contributed by atoms with E-state index in [1.54, 1.807) is 0 Å². The average molecular weight is 256 g/mol. The third-order valence-corrected chi connectivity index (χ3v) is 4.07. The van der Waals surface area contributed by atoms with Gasteiger partial charge < -0.3 is 5.32 Å². The zero-order valence-corrected chi connectivity index (χ0v) is 10.4. The highest BCUT2D eigenvalue weighted by Crippen LogP contribution is 2.49. The van der Waals surface area contributed by atoms with Crippen molar-refractivity contribution in [3.63, 3.8) is 0 Å². The molecular formula is C11H16N2O3S. The summed E-state index contributed by atoms with van der Waals surface area (Å²) in [7, 11) is 0. The number of carbonyl (C=O) groups excluding carboxylic acids is 3. The fourth-order valence-electron chi connectivity index (χ4n) is 1.98. The first-order valence-corrected chi connectivity index (χ1v) is 6.42. The minimum atomic E-state index is -0.559. The van der Waals surface area contributed by atoms with E-state index in [1.807, 2.05) is 0 Å². The van der Waals surface area contributed by atoms with Crippen molar-refractivity contribution in [2.24, 2.45) is 5.41 Å². The Morgan fingerprint density at radius 3 is 2.71 bits per heavy atom. The normalized spacial score (nSPS) is 26.3. The number of imide groups is 1. The van der Waals surface area contributed by atoms with Crippen LogP contribution in [0, 0.1) is 5.41 Å². The minimum absolute atomic E-state index is 0.0498. The van der Waals surface area contributed by atoms with Crippen molar-refractivity contribution in [3.05, 3.63) is 0 Å². The maximum atomic E-state index is 11.7. The summed E-state index contributed by atoms with van der Waals surface area (Å²) in [4.78, 5) is 34.1. The molecular weight excluding hydrogens is 240 g/mol. The lowest BCUT2D eigenvalue weighted by Gasteiger charge is -2.22. The topological polar surface area (TPSA) is 75.3 Å². The predicted octanol–water partition coefficient (Wildman–Crippen LogP) is 0.00790. The number of rotatable bonds is 4. The Morgan fingerprint density at radius 1 is 1.47 bits per heavy atom. The maximum Gasteiger partial charge on any atom is 0.249 e. The number of hydrogen-bond donors (Lipinski definition) is 3. The van der Waals surface area contributed by atoms with Gasteiger partial charge in [0.25, 0.3) is 0 Å². The van der Waals surface area contributed by atoms with Gasteiger partial charge in [0.1, 0.15) is 6.04 Å². The van der Waals surface area contributed by atoms with Crippen LogP contribution in [-0.2, 0) is 14.4 Å². The number of carbonyl (C=O) groups is 3. The van der Waals surface area contributed by atoms with Gasteiger partial charge in [-0.2, -0.15) is 12.6 Å². The van der Waals surface area contributed by atoms with Crippen molar-refractivity contribution < 1.29 is 14.4 Å². The molecule has 0 radical (unpaired) electrons. The summed E-state index contributed by atoms with van der Waals surface area (Å²) >= 11 is 4.23. The molecule has 1 heterocycles.